The van der Waals surface area contributed by atoms with Gasteiger partial charge in [0.25, 0.3) is 0 Å². The van der Waals surface area contributed by atoms with Gasteiger partial charge in [-0.3, -0.25) is 4.79 Å². The predicted octanol–water partition coefficient (Wildman–Crippen LogP) is 2.29. The molecular weight excluding hydrogens is 354 g/mol. The zero-order valence-electron chi connectivity index (χ0n) is 14.4. The molecule has 25 heavy (non-hydrogen) atoms. The summed E-state index contributed by atoms with van der Waals surface area (Å²) in [6.45, 7) is 3.77. The van der Waals surface area contributed by atoms with Crippen LogP contribution >= 0.6 is 12.4 Å². The number of halogens is 3. The van der Waals surface area contributed by atoms with E-state index in [9.17, 15) is 13.6 Å². The first kappa shape index (κ1) is 21.6. The second kappa shape index (κ2) is 9.89. The Morgan fingerprint density at radius 1 is 1.36 bits per heavy atom. The monoisotopic (exact) mass is 378 g/mol. The summed E-state index contributed by atoms with van der Waals surface area (Å²) in [7, 11) is 1.58. The summed E-state index contributed by atoms with van der Waals surface area (Å²) in [5.74, 6) is -1.54. The van der Waals surface area contributed by atoms with Gasteiger partial charge in [0, 0.05) is 13.2 Å². The molecule has 1 atom stereocenters. The predicted molar refractivity (Wildman–Crippen MR) is 93.1 cm³/mol. The van der Waals surface area contributed by atoms with Gasteiger partial charge in [-0.2, -0.15) is 0 Å². The van der Waals surface area contributed by atoms with Crippen LogP contribution in [0, 0.1) is 17.0 Å². The molecule has 0 bridgehead atoms. The van der Waals surface area contributed by atoms with Crippen molar-refractivity contribution < 1.29 is 23.0 Å². The van der Waals surface area contributed by atoms with Crippen molar-refractivity contribution in [3.05, 3.63) is 29.8 Å². The Kier molecular flexibility index (Phi) is 8.55. The van der Waals surface area contributed by atoms with Crippen LogP contribution in [0.4, 0.5) is 8.78 Å². The van der Waals surface area contributed by atoms with Gasteiger partial charge < -0.3 is 20.1 Å². The van der Waals surface area contributed by atoms with E-state index in [-0.39, 0.29) is 36.7 Å². The number of benzene rings is 1. The fourth-order valence-electron chi connectivity index (χ4n) is 2.84. The zero-order chi connectivity index (χ0) is 17.6. The summed E-state index contributed by atoms with van der Waals surface area (Å²) in [5.41, 5.74) is -0.546. The van der Waals surface area contributed by atoms with Crippen LogP contribution < -0.4 is 15.4 Å². The van der Waals surface area contributed by atoms with Crippen LogP contribution in [0.25, 0.3) is 0 Å². The van der Waals surface area contributed by atoms with Gasteiger partial charge in [-0.15, -0.1) is 12.4 Å². The molecule has 1 amide bonds. The summed E-state index contributed by atoms with van der Waals surface area (Å²) >= 11 is 0. The molecule has 1 aliphatic rings. The van der Waals surface area contributed by atoms with Gasteiger partial charge in [0.1, 0.15) is 12.4 Å². The molecule has 1 saturated heterocycles. The number of rotatable bonds is 7. The van der Waals surface area contributed by atoms with Crippen LogP contribution in [0.3, 0.4) is 0 Å². The highest BCUT2D eigenvalue weighted by molar-refractivity contribution is 5.85. The Hall–Kier alpha value is -1.44. The van der Waals surface area contributed by atoms with Crippen molar-refractivity contribution in [2.24, 2.45) is 5.41 Å². The summed E-state index contributed by atoms with van der Waals surface area (Å²) in [4.78, 5) is 12.6. The van der Waals surface area contributed by atoms with Crippen LogP contribution in [0.1, 0.15) is 19.8 Å². The van der Waals surface area contributed by atoms with E-state index in [0.29, 0.717) is 19.4 Å². The highest BCUT2D eigenvalue weighted by atomic mass is 35.5. The standard InChI is InChI=1S/C17H24F2N2O3.ClH/c1-12(10-24-15-4-3-13(18)9-14(15)19)21-16(22)17(11-23-2)5-7-20-8-6-17;/h3-4,9,12,20H,5-8,10-11H2,1-2H3,(H,21,22);1H. The van der Waals surface area contributed by atoms with E-state index in [1.807, 2.05) is 0 Å². The Bertz CT molecular complexity index is 563. The summed E-state index contributed by atoms with van der Waals surface area (Å²) in [6.07, 6.45) is 1.40. The fraction of sp³-hybridized carbons (Fsp3) is 0.588. The number of piperidine rings is 1. The van der Waals surface area contributed by atoms with Gasteiger partial charge in [0.15, 0.2) is 11.6 Å². The van der Waals surface area contributed by atoms with Crippen molar-refractivity contribution in [1.82, 2.24) is 10.6 Å². The molecule has 8 heteroatoms. The Balaban J connectivity index is 0.00000312. The molecule has 1 fully saturated rings. The molecular formula is C17H25ClF2N2O3. The Labute approximate surface area is 152 Å². The molecule has 1 heterocycles. The van der Waals surface area contributed by atoms with Crippen molar-refractivity contribution in [2.75, 3.05) is 33.4 Å². The first-order valence-electron chi connectivity index (χ1n) is 8.05. The molecule has 2 N–H and O–H groups in total. The topological polar surface area (TPSA) is 59.6 Å². The number of hydrogen-bond donors (Lipinski definition) is 2. The second-order valence-corrected chi connectivity index (χ2v) is 6.22. The summed E-state index contributed by atoms with van der Waals surface area (Å²) in [5, 5.41) is 6.14. The average molecular weight is 379 g/mol. The van der Waals surface area contributed by atoms with Crippen molar-refractivity contribution in [1.29, 1.82) is 0 Å². The first-order valence-corrected chi connectivity index (χ1v) is 8.05. The SMILES string of the molecule is COCC1(C(=O)NC(C)COc2ccc(F)cc2F)CCNCC1.Cl. The minimum absolute atomic E-state index is 0. The number of nitrogens with one attached hydrogen (secondary N) is 2. The zero-order valence-corrected chi connectivity index (χ0v) is 15.3. The van der Waals surface area contributed by atoms with Crippen molar-refractivity contribution in [3.63, 3.8) is 0 Å². The molecule has 1 unspecified atom stereocenters. The van der Waals surface area contributed by atoms with E-state index < -0.39 is 17.0 Å². The van der Waals surface area contributed by atoms with E-state index in [1.54, 1.807) is 14.0 Å². The number of carbonyl (C=O) groups is 1. The molecule has 0 radical (unpaired) electrons. The van der Waals surface area contributed by atoms with Crippen LogP contribution in [0.5, 0.6) is 5.75 Å². The molecule has 1 aliphatic heterocycles. The highest BCUT2D eigenvalue weighted by Crippen LogP contribution is 2.29. The summed E-state index contributed by atoms with van der Waals surface area (Å²) < 4.78 is 37.0. The molecule has 5 nitrogen and oxygen atoms in total. The smallest absolute Gasteiger partial charge is 0.228 e. The minimum Gasteiger partial charge on any atom is -0.488 e. The maximum absolute atomic E-state index is 13.5. The van der Waals surface area contributed by atoms with E-state index in [4.69, 9.17) is 9.47 Å². The molecule has 2 rings (SSSR count). The van der Waals surface area contributed by atoms with Crippen molar-refractivity contribution in [2.45, 2.75) is 25.8 Å². The lowest BCUT2D eigenvalue weighted by molar-refractivity contribution is -0.137. The Morgan fingerprint density at radius 2 is 2.04 bits per heavy atom. The molecule has 0 aromatic heterocycles. The van der Waals surface area contributed by atoms with Crippen LogP contribution in [0.2, 0.25) is 0 Å². The van der Waals surface area contributed by atoms with E-state index in [1.165, 1.54) is 6.07 Å². The molecule has 1 aromatic rings. The second-order valence-electron chi connectivity index (χ2n) is 6.22. The lowest BCUT2D eigenvalue weighted by Gasteiger charge is -2.36. The van der Waals surface area contributed by atoms with Crippen LogP contribution in [0.15, 0.2) is 18.2 Å². The third-order valence-corrected chi connectivity index (χ3v) is 4.22. The lowest BCUT2D eigenvalue weighted by Crippen LogP contribution is -2.52. The van der Waals surface area contributed by atoms with Gasteiger partial charge in [0.05, 0.1) is 18.1 Å². The van der Waals surface area contributed by atoms with Crippen molar-refractivity contribution in [3.8, 4) is 5.75 Å². The largest absolute Gasteiger partial charge is 0.488 e. The number of amides is 1. The molecule has 0 saturated carbocycles. The molecule has 0 spiro atoms. The average Bonchev–Trinajstić information content (AvgIpc) is 2.55. The van der Waals surface area contributed by atoms with Gasteiger partial charge in [-0.1, -0.05) is 0 Å². The third kappa shape index (κ3) is 5.80. The molecule has 1 aromatic carbocycles. The van der Waals surface area contributed by atoms with E-state index >= 15 is 0 Å². The van der Waals surface area contributed by atoms with Crippen LogP contribution in [-0.4, -0.2) is 45.4 Å². The normalized spacial score (nSPS) is 17.3. The molecule has 0 aliphatic carbocycles. The number of carbonyl (C=O) groups excluding carboxylic acids is 1. The fourth-order valence-corrected chi connectivity index (χ4v) is 2.84. The van der Waals surface area contributed by atoms with E-state index in [0.717, 1.165) is 25.2 Å². The quantitative estimate of drug-likeness (QED) is 0.764. The highest BCUT2D eigenvalue weighted by Gasteiger charge is 2.40. The van der Waals surface area contributed by atoms with Crippen LogP contribution in [-0.2, 0) is 9.53 Å². The molecule has 142 valence electrons. The lowest BCUT2D eigenvalue weighted by atomic mass is 9.78. The maximum Gasteiger partial charge on any atom is 0.228 e. The van der Waals surface area contributed by atoms with Gasteiger partial charge in [-0.25, -0.2) is 8.78 Å². The van der Waals surface area contributed by atoms with Gasteiger partial charge in [0.2, 0.25) is 5.91 Å². The van der Waals surface area contributed by atoms with E-state index in [2.05, 4.69) is 10.6 Å². The number of methoxy groups -OCH3 is 1. The third-order valence-electron chi connectivity index (χ3n) is 4.22. The maximum atomic E-state index is 13.5. The first-order chi connectivity index (χ1) is 11.5. The van der Waals surface area contributed by atoms with Gasteiger partial charge in [-0.05, 0) is 45.0 Å². The van der Waals surface area contributed by atoms with Gasteiger partial charge >= 0.3 is 0 Å². The minimum atomic E-state index is -0.761. The number of ether oxygens (including phenoxy) is 2. The Morgan fingerprint density at radius 3 is 2.64 bits per heavy atom. The van der Waals surface area contributed by atoms with Crippen molar-refractivity contribution >= 4 is 18.3 Å². The summed E-state index contributed by atoms with van der Waals surface area (Å²) in [6, 6.07) is 2.81. The number of hydrogen-bond acceptors (Lipinski definition) is 4.